The molecule has 1 amide bonds. The summed E-state index contributed by atoms with van der Waals surface area (Å²) < 4.78 is 1.68. The van der Waals surface area contributed by atoms with Crippen LogP contribution in [0.1, 0.15) is 45.1 Å². The Kier molecular flexibility index (Phi) is 5.63. The topological polar surface area (TPSA) is 55.2 Å². The summed E-state index contributed by atoms with van der Waals surface area (Å²) in [5.74, 6) is 0.461. The Bertz CT molecular complexity index is 1070. The summed E-state index contributed by atoms with van der Waals surface area (Å²) in [6.07, 6.45) is 0.796. The number of para-hydroxylation sites is 2. The van der Waals surface area contributed by atoms with Crippen LogP contribution in [-0.2, 0) is 11.2 Å². The van der Waals surface area contributed by atoms with Gasteiger partial charge in [-0.15, -0.1) is 0 Å². The Morgan fingerprint density at radius 3 is 2.39 bits per heavy atom. The van der Waals surface area contributed by atoms with Crippen LogP contribution < -0.4 is 5.56 Å². The molecule has 1 unspecified atom stereocenters. The number of carbonyl (C=O) groups excluding carboxylic acids is 1. The van der Waals surface area contributed by atoms with Gasteiger partial charge in [0.1, 0.15) is 5.82 Å². The molecule has 0 saturated heterocycles. The zero-order valence-electron chi connectivity index (χ0n) is 17.1. The average molecular weight is 377 g/mol. The number of benzene rings is 2. The van der Waals surface area contributed by atoms with E-state index < -0.39 is 0 Å². The molecule has 2 aromatic carbocycles. The molecule has 1 aromatic heterocycles. The molecule has 5 nitrogen and oxygen atoms in total. The van der Waals surface area contributed by atoms with Gasteiger partial charge in [0, 0.05) is 13.0 Å². The molecular formula is C23H27N3O2. The SMILES string of the molecule is CCc1ccccc1-n1c(C(C)N(C)C(=O)C(C)C)nc2ccccc2c1=O. The van der Waals surface area contributed by atoms with Crippen LogP contribution in [0.2, 0.25) is 0 Å². The van der Waals surface area contributed by atoms with Crippen molar-refractivity contribution in [3.05, 3.63) is 70.3 Å². The van der Waals surface area contributed by atoms with Gasteiger partial charge < -0.3 is 4.90 Å². The molecule has 3 aromatic rings. The number of aryl methyl sites for hydroxylation is 1. The van der Waals surface area contributed by atoms with Gasteiger partial charge in [0.05, 0.1) is 22.6 Å². The highest BCUT2D eigenvalue weighted by atomic mass is 16.2. The molecule has 0 aliphatic carbocycles. The van der Waals surface area contributed by atoms with E-state index in [-0.39, 0.29) is 23.4 Å². The zero-order chi connectivity index (χ0) is 20.4. The quantitative estimate of drug-likeness (QED) is 0.672. The molecule has 28 heavy (non-hydrogen) atoms. The van der Waals surface area contributed by atoms with Crippen molar-refractivity contribution >= 4 is 16.8 Å². The number of hydrogen-bond acceptors (Lipinski definition) is 3. The van der Waals surface area contributed by atoms with E-state index in [0.717, 1.165) is 17.7 Å². The first kappa shape index (κ1) is 19.8. The third-order valence-corrected chi connectivity index (χ3v) is 5.21. The normalized spacial score (nSPS) is 12.4. The lowest BCUT2D eigenvalue weighted by Gasteiger charge is -2.28. The highest BCUT2D eigenvalue weighted by Crippen LogP contribution is 2.24. The Morgan fingerprint density at radius 1 is 1.07 bits per heavy atom. The summed E-state index contributed by atoms with van der Waals surface area (Å²) >= 11 is 0. The third-order valence-electron chi connectivity index (χ3n) is 5.21. The summed E-state index contributed by atoms with van der Waals surface area (Å²) in [7, 11) is 1.77. The second kappa shape index (κ2) is 7.97. The molecule has 0 bridgehead atoms. The fourth-order valence-electron chi connectivity index (χ4n) is 3.46. The number of amides is 1. The largest absolute Gasteiger partial charge is 0.336 e. The van der Waals surface area contributed by atoms with E-state index in [2.05, 4.69) is 6.92 Å². The van der Waals surface area contributed by atoms with Crippen molar-refractivity contribution < 1.29 is 4.79 Å². The van der Waals surface area contributed by atoms with Crippen LogP contribution in [0.4, 0.5) is 0 Å². The molecule has 3 rings (SSSR count). The van der Waals surface area contributed by atoms with Crippen molar-refractivity contribution in [1.29, 1.82) is 0 Å². The maximum Gasteiger partial charge on any atom is 0.266 e. The average Bonchev–Trinajstić information content (AvgIpc) is 2.72. The first-order valence-electron chi connectivity index (χ1n) is 9.73. The van der Waals surface area contributed by atoms with Crippen molar-refractivity contribution in [2.24, 2.45) is 5.92 Å². The lowest BCUT2D eigenvalue weighted by molar-refractivity contribution is -0.135. The van der Waals surface area contributed by atoms with Crippen molar-refractivity contribution in [3.63, 3.8) is 0 Å². The minimum absolute atomic E-state index is 0.0187. The van der Waals surface area contributed by atoms with Crippen LogP contribution in [0, 0.1) is 5.92 Å². The van der Waals surface area contributed by atoms with Crippen LogP contribution in [0.25, 0.3) is 16.6 Å². The second-order valence-corrected chi connectivity index (χ2v) is 7.39. The highest BCUT2D eigenvalue weighted by Gasteiger charge is 2.25. The second-order valence-electron chi connectivity index (χ2n) is 7.39. The van der Waals surface area contributed by atoms with Crippen molar-refractivity contribution in [2.75, 3.05) is 7.05 Å². The smallest absolute Gasteiger partial charge is 0.266 e. The predicted octanol–water partition coefficient (Wildman–Crippen LogP) is 4.12. The summed E-state index contributed by atoms with van der Waals surface area (Å²) in [6, 6.07) is 14.9. The minimum atomic E-state index is -0.350. The van der Waals surface area contributed by atoms with Crippen LogP contribution in [0.15, 0.2) is 53.3 Å². The van der Waals surface area contributed by atoms with Gasteiger partial charge >= 0.3 is 0 Å². The highest BCUT2D eigenvalue weighted by molar-refractivity contribution is 5.79. The molecule has 1 heterocycles. The molecular weight excluding hydrogens is 350 g/mol. The minimum Gasteiger partial charge on any atom is -0.336 e. The molecule has 0 saturated carbocycles. The summed E-state index contributed by atoms with van der Waals surface area (Å²) in [4.78, 5) is 32.5. The maximum atomic E-state index is 13.5. The third kappa shape index (κ3) is 3.44. The van der Waals surface area contributed by atoms with Gasteiger partial charge in [-0.3, -0.25) is 14.2 Å². The van der Waals surface area contributed by atoms with Gasteiger partial charge in [-0.2, -0.15) is 0 Å². The monoisotopic (exact) mass is 377 g/mol. The molecule has 0 fully saturated rings. The van der Waals surface area contributed by atoms with Gasteiger partial charge in [-0.1, -0.05) is 51.1 Å². The van der Waals surface area contributed by atoms with Crippen LogP contribution in [0.5, 0.6) is 0 Å². The molecule has 0 radical (unpaired) electrons. The Labute approximate surface area is 165 Å². The fourth-order valence-corrected chi connectivity index (χ4v) is 3.46. The van der Waals surface area contributed by atoms with E-state index in [1.54, 1.807) is 22.6 Å². The van der Waals surface area contributed by atoms with E-state index in [1.165, 1.54) is 0 Å². The standard InChI is InChI=1S/C23H27N3O2/c1-6-17-11-7-10-14-20(17)26-21(16(4)25(5)22(27)15(2)3)24-19-13-9-8-12-18(19)23(26)28/h7-16H,6H2,1-5H3. The first-order chi connectivity index (χ1) is 13.4. The summed E-state index contributed by atoms with van der Waals surface area (Å²) in [5, 5.41) is 0.571. The van der Waals surface area contributed by atoms with Crippen molar-refractivity contribution in [1.82, 2.24) is 14.5 Å². The summed E-state index contributed by atoms with van der Waals surface area (Å²) in [5.41, 5.74) is 2.41. The Balaban J connectivity index is 2.32. The molecule has 0 N–H and O–H groups in total. The number of carbonyl (C=O) groups is 1. The number of nitrogens with zero attached hydrogens (tertiary/aromatic N) is 3. The van der Waals surface area contributed by atoms with Crippen LogP contribution in [0.3, 0.4) is 0 Å². The van der Waals surface area contributed by atoms with Gasteiger partial charge in [-0.25, -0.2) is 4.98 Å². The molecule has 0 aliphatic heterocycles. The van der Waals surface area contributed by atoms with Gasteiger partial charge in [0.2, 0.25) is 5.91 Å². The number of rotatable bonds is 5. The molecule has 0 aliphatic rings. The molecule has 5 heteroatoms. The molecule has 146 valence electrons. The number of hydrogen-bond donors (Lipinski definition) is 0. The van der Waals surface area contributed by atoms with Crippen molar-refractivity contribution in [2.45, 2.75) is 40.2 Å². The number of aromatic nitrogens is 2. The maximum absolute atomic E-state index is 13.5. The van der Waals surface area contributed by atoms with E-state index in [4.69, 9.17) is 4.98 Å². The van der Waals surface area contributed by atoms with E-state index in [0.29, 0.717) is 16.7 Å². The lowest BCUT2D eigenvalue weighted by Crippen LogP contribution is -2.37. The lowest BCUT2D eigenvalue weighted by atomic mass is 10.1. The predicted molar refractivity (Wildman–Crippen MR) is 113 cm³/mol. The molecule has 0 spiro atoms. The van der Waals surface area contributed by atoms with Crippen LogP contribution >= 0.6 is 0 Å². The van der Waals surface area contributed by atoms with Crippen molar-refractivity contribution in [3.8, 4) is 5.69 Å². The van der Waals surface area contributed by atoms with Gasteiger partial charge in [-0.05, 0) is 37.1 Å². The molecule has 1 atom stereocenters. The fraction of sp³-hybridized carbons (Fsp3) is 0.348. The van der Waals surface area contributed by atoms with Gasteiger partial charge in [0.25, 0.3) is 5.56 Å². The van der Waals surface area contributed by atoms with Gasteiger partial charge in [0.15, 0.2) is 0 Å². The van der Waals surface area contributed by atoms with E-state index in [1.807, 2.05) is 63.2 Å². The van der Waals surface area contributed by atoms with E-state index >= 15 is 0 Å². The number of fused-ring (bicyclic) bond motifs is 1. The Hall–Kier alpha value is -2.95. The van der Waals surface area contributed by atoms with Crippen LogP contribution in [-0.4, -0.2) is 27.4 Å². The zero-order valence-corrected chi connectivity index (χ0v) is 17.1. The first-order valence-corrected chi connectivity index (χ1v) is 9.73. The summed E-state index contributed by atoms with van der Waals surface area (Å²) in [6.45, 7) is 7.73. The van der Waals surface area contributed by atoms with E-state index in [9.17, 15) is 9.59 Å². The Morgan fingerprint density at radius 2 is 1.71 bits per heavy atom.